The molecule has 0 saturated heterocycles. The van der Waals surface area contributed by atoms with Gasteiger partial charge in [-0.1, -0.05) is 6.08 Å². The normalized spacial score (nSPS) is 20.1. The molecule has 0 spiro atoms. The Kier molecular flexibility index (Phi) is 3.14. The third-order valence-corrected chi connectivity index (χ3v) is 3.32. The van der Waals surface area contributed by atoms with Gasteiger partial charge in [0.25, 0.3) is 0 Å². The van der Waals surface area contributed by atoms with Crippen LogP contribution < -0.4 is 5.32 Å². The highest BCUT2D eigenvalue weighted by atomic mass is 16.5. The summed E-state index contributed by atoms with van der Waals surface area (Å²) < 4.78 is 7.51. The van der Waals surface area contributed by atoms with Gasteiger partial charge in [-0.3, -0.25) is 0 Å². The van der Waals surface area contributed by atoms with Crippen LogP contribution in [0.3, 0.4) is 0 Å². The molecule has 17 heavy (non-hydrogen) atoms. The average Bonchev–Trinajstić information content (AvgIpc) is 3.07. The number of ether oxygens (including phenoxy) is 1. The maximum Gasteiger partial charge on any atom is 0.124 e. The second kappa shape index (κ2) is 4.92. The second-order valence-electron chi connectivity index (χ2n) is 4.90. The van der Waals surface area contributed by atoms with Crippen molar-refractivity contribution in [2.45, 2.75) is 25.8 Å². The molecule has 4 heteroatoms. The van der Waals surface area contributed by atoms with Crippen molar-refractivity contribution >= 4 is 5.82 Å². The molecule has 0 atom stereocenters. The van der Waals surface area contributed by atoms with E-state index < -0.39 is 0 Å². The summed E-state index contributed by atoms with van der Waals surface area (Å²) in [5, 5.41) is 7.81. The fourth-order valence-corrected chi connectivity index (χ4v) is 2.11. The van der Waals surface area contributed by atoms with Gasteiger partial charge < -0.3 is 10.1 Å². The van der Waals surface area contributed by atoms with Gasteiger partial charge in [-0.05, 0) is 30.8 Å². The predicted octanol–water partition coefficient (Wildman–Crippen LogP) is 2.05. The number of hydrogen-bond acceptors (Lipinski definition) is 3. The minimum Gasteiger partial charge on any atom is -0.377 e. The van der Waals surface area contributed by atoms with E-state index in [4.69, 9.17) is 4.74 Å². The van der Waals surface area contributed by atoms with E-state index in [1.165, 1.54) is 18.4 Å². The number of aromatic nitrogens is 2. The van der Waals surface area contributed by atoms with Crippen LogP contribution in [0.4, 0.5) is 5.82 Å². The largest absolute Gasteiger partial charge is 0.377 e. The van der Waals surface area contributed by atoms with Gasteiger partial charge in [-0.25, -0.2) is 4.68 Å². The lowest BCUT2D eigenvalue weighted by Gasteiger charge is -2.15. The van der Waals surface area contributed by atoms with E-state index in [0.717, 1.165) is 44.5 Å². The van der Waals surface area contributed by atoms with Gasteiger partial charge in [0.1, 0.15) is 5.82 Å². The summed E-state index contributed by atoms with van der Waals surface area (Å²) >= 11 is 0. The lowest BCUT2D eigenvalue weighted by Crippen LogP contribution is -2.16. The SMILES string of the molecule is C1=C(CNc2ccnn2CC2CC2)COCC1. The molecule has 1 aliphatic heterocycles. The molecule has 4 nitrogen and oxygen atoms in total. The molecule has 0 unspecified atom stereocenters. The lowest BCUT2D eigenvalue weighted by molar-refractivity contribution is 0.150. The van der Waals surface area contributed by atoms with Crippen LogP contribution in [-0.4, -0.2) is 29.5 Å². The van der Waals surface area contributed by atoms with Crippen LogP contribution in [0.5, 0.6) is 0 Å². The van der Waals surface area contributed by atoms with Crippen LogP contribution in [0.1, 0.15) is 19.3 Å². The fourth-order valence-electron chi connectivity index (χ4n) is 2.11. The molecule has 2 aliphatic rings. The molecule has 1 N–H and O–H groups in total. The maximum absolute atomic E-state index is 5.43. The number of nitrogens with one attached hydrogen (secondary N) is 1. The summed E-state index contributed by atoms with van der Waals surface area (Å²) in [6, 6.07) is 2.05. The molecule has 0 amide bonds. The average molecular weight is 233 g/mol. The molecule has 0 radical (unpaired) electrons. The van der Waals surface area contributed by atoms with Gasteiger partial charge in [-0.15, -0.1) is 0 Å². The minimum absolute atomic E-state index is 0.768. The van der Waals surface area contributed by atoms with Gasteiger partial charge >= 0.3 is 0 Å². The summed E-state index contributed by atoms with van der Waals surface area (Å²) in [5.41, 5.74) is 1.34. The van der Waals surface area contributed by atoms with Gasteiger partial charge in [0.05, 0.1) is 19.4 Å². The molecule has 1 saturated carbocycles. The van der Waals surface area contributed by atoms with Crippen LogP contribution in [0.25, 0.3) is 0 Å². The Hall–Kier alpha value is -1.29. The topological polar surface area (TPSA) is 39.1 Å². The highest BCUT2D eigenvalue weighted by Crippen LogP contribution is 2.31. The Balaban J connectivity index is 1.56. The van der Waals surface area contributed by atoms with Crippen molar-refractivity contribution < 1.29 is 4.74 Å². The highest BCUT2D eigenvalue weighted by molar-refractivity contribution is 5.36. The second-order valence-corrected chi connectivity index (χ2v) is 4.90. The lowest BCUT2D eigenvalue weighted by atomic mass is 10.2. The summed E-state index contributed by atoms with van der Waals surface area (Å²) in [7, 11) is 0. The van der Waals surface area contributed by atoms with E-state index in [-0.39, 0.29) is 0 Å². The molecule has 3 rings (SSSR count). The van der Waals surface area contributed by atoms with Crippen LogP contribution in [0.2, 0.25) is 0 Å². The molecule has 1 aliphatic carbocycles. The molecule has 92 valence electrons. The zero-order valence-corrected chi connectivity index (χ0v) is 10.1. The Morgan fingerprint density at radius 1 is 1.47 bits per heavy atom. The number of rotatable bonds is 5. The van der Waals surface area contributed by atoms with E-state index in [2.05, 4.69) is 21.2 Å². The number of nitrogens with zero attached hydrogens (tertiary/aromatic N) is 2. The molecule has 0 bridgehead atoms. The smallest absolute Gasteiger partial charge is 0.124 e. The summed E-state index contributed by atoms with van der Waals surface area (Å²) in [5.74, 6) is 1.98. The molecular weight excluding hydrogens is 214 g/mol. The Bertz CT molecular complexity index is 407. The van der Waals surface area contributed by atoms with Gasteiger partial charge in [0.2, 0.25) is 0 Å². The van der Waals surface area contributed by atoms with E-state index in [1.807, 2.05) is 12.3 Å². The zero-order chi connectivity index (χ0) is 11.5. The van der Waals surface area contributed by atoms with Crippen molar-refractivity contribution in [2.75, 3.05) is 25.1 Å². The monoisotopic (exact) mass is 233 g/mol. The molecule has 1 aromatic rings. The number of anilines is 1. The first-order valence-corrected chi connectivity index (χ1v) is 6.43. The Labute approximate surface area is 102 Å². The quantitative estimate of drug-likeness (QED) is 0.791. The summed E-state index contributed by atoms with van der Waals surface area (Å²) in [6.45, 7) is 3.56. The molecular formula is C13H19N3O. The van der Waals surface area contributed by atoms with E-state index in [0.29, 0.717) is 0 Å². The maximum atomic E-state index is 5.43. The Morgan fingerprint density at radius 2 is 2.41 bits per heavy atom. The number of hydrogen-bond donors (Lipinski definition) is 1. The van der Waals surface area contributed by atoms with Crippen LogP contribution >= 0.6 is 0 Å². The first-order chi connectivity index (χ1) is 8.42. The van der Waals surface area contributed by atoms with Crippen LogP contribution in [-0.2, 0) is 11.3 Å². The summed E-state index contributed by atoms with van der Waals surface area (Å²) in [4.78, 5) is 0. The van der Waals surface area contributed by atoms with Crippen molar-refractivity contribution in [1.29, 1.82) is 0 Å². The predicted molar refractivity (Wildman–Crippen MR) is 67.0 cm³/mol. The van der Waals surface area contributed by atoms with Crippen molar-refractivity contribution in [3.63, 3.8) is 0 Å². The summed E-state index contributed by atoms with van der Waals surface area (Å²) in [6.07, 6.45) is 7.91. The van der Waals surface area contributed by atoms with Crippen molar-refractivity contribution in [3.05, 3.63) is 23.9 Å². The minimum atomic E-state index is 0.768. The Morgan fingerprint density at radius 3 is 3.18 bits per heavy atom. The molecule has 1 aromatic heterocycles. The van der Waals surface area contributed by atoms with E-state index >= 15 is 0 Å². The highest BCUT2D eigenvalue weighted by Gasteiger charge is 2.22. The van der Waals surface area contributed by atoms with Gasteiger partial charge in [0, 0.05) is 19.2 Å². The third kappa shape index (κ3) is 2.88. The van der Waals surface area contributed by atoms with E-state index in [1.54, 1.807) is 0 Å². The molecule has 0 aromatic carbocycles. The first-order valence-electron chi connectivity index (χ1n) is 6.43. The zero-order valence-electron chi connectivity index (χ0n) is 10.1. The molecule has 1 fully saturated rings. The van der Waals surface area contributed by atoms with Gasteiger partial charge in [0.15, 0.2) is 0 Å². The first kappa shape index (κ1) is 10.8. The van der Waals surface area contributed by atoms with Crippen LogP contribution in [0, 0.1) is 5.92 Å². The van der Waals surface area contributed by atoms with Crippen LogP contribution in [0.15, 0.2) is 23.9 Å². The van der Waals surface area contributed by atoms with E-state index in [9.17, 15) is 0 Å². The van der Waals surface area contributed by atoms with Gasteiger partial charge in [-0.2, -0.15) is 5.10 Å². The van der Waals surface area contributed by atoms with Crippen molar-refractivity contribution in [2.24, 2.45) is 5.92 Å². The third-order valence-electron chi connectivity index (χ3n) is 3.32. The van der Waals surface area contributed by atoms with Crippen molar-refractivity contribution in [1.82, 2.24) is 9.78 Å². The fraction of sp³-hybridized carbons (Fsp3) is 0.615. The standard InChI is InChI=1S/C13H19N3O/c1-2-12(10-17-7-1)8-14-13-5-6-15-16(13)9-11-3-4-11/h2,5-6,11,14H,1,3-4,7-10H2. The van der Waals surface area contributed by atoms with Crippen molar-refractivity contribution in [3.8, 4) is 0 Å². The molecule has 2 heterocycles.